The lowest BCUT2D eigenvalue weighted by Crippen LogP contribution is -2.59. The standard InChI is InChI=1S/C27H42O2/c1-17(2)9-8-10-18(3)20-12-13-21-24-22(28)15-19-11-6-7-14-26(19,4)25(24)23(29)16-27(20,21)5/h6,11,17-21,24-25H,7-10,12-16H2,1-5H3/t18-,19+,20-,21+,24-,25+,26+,27-/m1/s1. The first-order chi connectivity index (χ1) is 13.7. The topological polar surface area (TPSA) is 34.1 Å². The van der Waals surface area contributed by atoms with Gasteiger partial charge < -0.3 is 0 Å². The largest absolute Gasteiger partial charge is 0.299 e. The summed E-state index contributed by atoms with van der Waals surface area (Å²) in [4.78, 5) is 27.1. The molecule has 8 atom stereocenters. The summed E-state index contributed by atoms with van der Waals surface area (Å²) in [6.45, 7) is 11.7. The van der Waals surface area contributed by atoms with Crippen molar-refractivity contribution < 1.29 is 9.59 Å². The number of hydrogen-bond donors (Lipinski definition) is 0. The Morgan fingerprint density at radius 3 is 2.52 bits per heavy atom. The highest BCUT2D eigenvalue weighted by molar-refractivity contribution is 5.94. The summed E-state index contributed by atoms with van der Waals surface area (Å²) in [5.41, 5.74) is 0.0472. The lowest BCUT2D eigenvalue weighted by atomic mass is 9.44. The third kappa shape index (κ3) is 3.37. The molecule has 0 aromatic carbocycles. The van der Waals surface area contributed by atoms with Crippen LogP contribution in [0.15, 0.2) is 12.2 Å². The SMILES string of the molecule is CC(C)CCC[C@@H](C)[C@H]1CC[C@H]2[C@@H]3C(=O)C[C@@H]4C=CCC[C@]4(C)[C@H]3C(=O)C[C@]12C. The van der Waals surface area contributed by atoms with Gasteiger partial charge >= 0.3 is 0 Å². The van der Waals surface area contributed by atoms with Gasteiger partial charge in [-0.1, -0.05) is 66.0 Å². The number of fused-ring (bicyclic) bond motifs is 5. The Balaban J connectivity index is 1.58. The van der Waals surface area contributed by atoms with Gasteiger partial charge in [-0.2, -0.15) is 0 Å². The van der Waals surface area contributed by atoms with Crippen molar-refractivity contribution in [1.82, 2.24) is 0 Å². The molecule has 2 heteroatoms. The average molecular weight is 399 g/mol. The molecule has 0 saturated heterocycles. The minimum Gasteiger partial charge on any atom is -0.299 e. The van der Waals surface area contributed by atoms with Crippen LogP contribution < -0.4 is 0 Å². The van der Waals surface area contributed by atoms with E-state index in [0.29, 0.717) is 35.7 Å². The van der Waals surface area contributed by atoms with E-state index in [0.717, 1.165) is 31.6 Å². The van der Waals surface area contributed by atoms with Crippen molar-refractivity contribution >= 4 is 11.6 Å². The number of rotatable bonds is 5. The van der Waals surface area contributed by atoms with Crippen LogP contribution in [0.5, 0.6) is 0 Å². The van der Waals surface area contributed by atoms with E-state index in [2.05, 4.69) is 46.8 Å². The maximum absolute atomic E-state index is 13.7. The normalized spacial score (nSPS) is 45.1. The second-order valence-corrected chi connectivity index (χ2v) is 12.0. The lowest BCUT2D eigenvalue weighted by molar-refractivity contribution is -0.163. The number of carbonyl (C=O) groups is 2. The molecule has 162 valence electrons. The van der Waals surface area contributed by atoms with Gasteiger partial charge in [0.05, 0.1) is 0 Å². The van der Waals surface area contributed by atoms with Crippen molar-refractivity contribution in [2.75, 3.05) is 0 Å². The fourth-order valence-corrected chi connectivity index (χ4v) is 8.34. The summed E-state index contributed by atoms with van der Waals surface area (Å²) in [5.74, 6) is 3.55. The van der Waals surface area contributed by atoms with Crippen molar-refractivity contribution in [3.05, 3.63) is 12.2 Å². The summed E-state index contributed by atoms with van der Waals surface area (Å²) in [5, 5.41) is 0. The average Bonchev–Trinajstić information content (AvgIpc) is 2.98. The Hall–Kier alpha value is -0.920. The Kier molecular flexibility index (Phi) is 5.62. The molecule has 0 heterocycles. The summed E-state index contributed by atoms with van der Waals surface area (Å²) >= 11 is 0. The molecule has 0 amide bonds. The molecule has 0 aromatic rings. The van der Waals surface area contributed by atoms with E-state index in [1.165, 1.54) is 25.7 Å². The van der Waals surface area contributed by atoms with Gasteiger partial charge in [-0.05, 0) is 66.1 Å². The summed E-state index contributed by atoms with van der Waals surface area (Å²) in [6.07, 6.45) is 14.3. The quantitative estimate of drug-likeness (QED) is 0.487. The first-order valence-electron chi connectivity index (χ1n) is 12.4. The highest BCUT2D eigenvalue weighted by Gasteiger charge is 2.65. The molecule has 0 radical (unpaired) electrons. The molecule has 0 bridgehead atoms. The number of allylic oxidation sites excluding steroid dienone is 2. The molecule has 0 aromatic heterocycles. The van der Waals surface area contributed by atoms with E-state index in [-0.39, 0.29) is 28.6 Å². The van der Waals surface area contributed by atoms with Gasteiger partial charge in [-0.15, -0.1) is 0 Å². The maximum Gasteiger partial charge on any atom is 0.137 e. The van der Waals surface area contributed by atoms with Crippen LogP contribution in [-0.2, 0) is 9.59 Å². The second-order valence-electron chi connectivity index (χ2n) is 12.0. The van der Waals surface area contributed by atoms with Crippen molar-refractivity contribution in [2.45, 2.75) is 92.4 Å². The molecule has 0 aliphatic heterocycles. The molecule has 3 fully saturated rings. The third-order valence-electron chi connectivity index (χ3n) is 9.87. The zero-order valence-corrected chi connectivity index (χ0v) is 19.4. The monoisotopic (exact) mass is 398 g/mol. The number of hydrogen-bond acceptors (Lipinski definition) is 2. The van der Waals surface area contributed by atoms with Gasteiger partial charge in [0, 0.05) is 24.7 Å². The molecule has 4 aliphatic carbocycles. The van der Waals surface area contributed by atoms with Crippen LogP contribution in [0.1, 0.15) is 92.4 Å². The molecule has 4 aliphatic rings. The second kappa shape index (κ2) is 7.65. The number of ketones is 2. The first kappa shape index (κ1) is 21.3. The van der Waals surface area contributed by atoms with E-state index >= 15 is 0 Å². The predicted octanol–water partition coefficient (Wildman–Crippen LogP) is 6.63. The smallest absolute Gasteiger partial charge is 0.137 e. The van der Waals surface area contributed by atoms with Crippen LogP contribution >= 0.6 is 0 Å². The Morgan fingerprint density at radius 1 is 1.03 bits per heavy atom. The van der Waals surface area contributed by atoms with E-state index < -0.39 is 0 Å². The lowest BCUT2D eigenvalue weighted by Gasteiger charge is -2.58. The van der Waals surface area contributed by atoms with E-state index in [1.807, 2.05) is 0 Å². The van der Waals surface area contributed by atoms with E-state index in [1.54, 1.807) is 0 Å². The molecular weight excluding hydrogens is 356 g/mol. The fraction of sp³-hybridized carbons (Fsp3) is 0.852. The van der Waals surface area contributed by atoms with Gasteiger partial charge in [0.15, 0.2) is 0 Å². The van der Waals surface area contributed by atoms with Crippen molar-refractivity contribution in [3.8, 4) is 0 Å². The first-order valence-corrected chi connectivity index (χ1v) is 12.4. The van der Waals surface area contributed by atoms with Gasteiger partial charge in [0.1, 0.15) is 11.6 Å². The van der Waals surface area contributed by atoms with Crippen LogP contribution in [0.4, 0.5) is 0 Å². The highest BCUT2D eigenvalue weighted by Crippen LogP contribution is 2.66. The van der Waals surface area contributed by atoms with Gasteiger partial charge in [0.2, 0.25) is 0 Å². The molecule has 0 N–H and O–H groups in total. The van der Waals surface area contributed by atoms with Crippen molar-refractivity contribution in [1.29, 1.82) is 0 Å². The summed E-state index contributed by atoms with van der Waals surface area (Å²) in [6, 6.07) is 0. The van der Waals surface area contributed by atoms with Crippen LogP contribution in [0.2, 0.25) is 0 Å². The molecule has 4 rings (SSSR count). The summed E-state index contributed by atoms with van der Waals surface area (Å²) in [7, 11) is 0. The van der Waals surface area contributed by atoms with Gasteiger partial charge in [-0.3, -0.25) is 9.59 Å². The molecule has 0 spiro atoms. The molecule has 0 unspecified atom stereocenters. The molecule has 3 saturated carbocycles. The Bertz CT molecular complexity index is 691. The minimum absolute atomic E-state index is 0.00173. The summed E-state index contributed by atoms with van der Waals surface area (Å²) < 4.78 is 0. The zero-order valence-electron chi connectivity index (χ0n) is 19.4. The van der Waals surface area contributed by atoms with Crippen molar-refractivity contribution in [3.63, 3.8) is 0 Å². The van der Waals surface area contributed by atoms with Gasteiger partial charge in [0.25, 0.3) is 0 Å². The number of Topliss-reactive ketones (excluding diaryl/α,β-unsaturated/α-hetero) is 2. The highest BCUT2D eigenvalue weighted by atomic mass is 16.1. The predicted molar refractivity (Wildman–Crippen MR) is 118 cm³/mol. The third-order valence-corrected chi connectivity index (χ3v) is 9.87. The van der Waals surface area contributed by atoms with Crippen LogP contribution in [-0.4, -0.2) is 11.6 Å². The van der Waals surface area contributed by atoms with Crippen LogP contribution in [0, 0.1) is 52.3 Å². The maximum atomic E-state index is 13.7. The van der Waals surface area contributed by atoms with Gasteiger partial charge in [-0.25, -0.2) is 0 Å². The fourth-order valence-electron chi connectivity index (χ4n) is 8.34. The molecule has 29 heavy (non-hydrogen) atoms. The van der Waals surface area contributed by atoms with E-state index in [4.69, 9.17) is 0 Å². The minimum atomic E-state index is -0.0215. The zero-order chi connectivity index (χ0) is 21.0. The molecular formula is C27H42O2. The van der Waals surface area contributed by atoms with Crippen molar-refractivity contribution in [2.24, 2.45) is 52.3 Å². The Labute approximate surface area is 178 Å². The van der Waals surface area contributed by atoms with Crippen LogP contribution in [0.25, 0.3) is 0 Å². The Morgan fingerprint density at radius 2 is 1.79 bits per heavy atom. The van der Waals surface area contributed by atoms with E-state index in [9.17, 15) is 9.59 Å². The number of carbonyl (C=O) groups excluding carboxylic acids is 2. The molecule has 2 nitrogen and oxygen atoms in total. The van der Waals surface area contributed by atoms with Crippen LogP contribution in [0.3, 0.4) is 0 Å².